The van der Waals surface area contributed by atoms with Crippen molar-refractivity contribution in [1.82, 2.24) is 10.0 Å². The van der Waals surface area contributed by atoms with Gasteiger partial charge in [-0.1, -0.05) is 19.4 Å². The predicted octanol–water partition coefficient (Wildman–Crippen LogP) is 1.79. The van der Waals surface area contributed by atoms with Gasteiger partial charge in [0.25, 0.3) is 5.69 Å². The number of unbranched alkanes of at least 4 members (excludes halogenated alkanes) is 1. The van der Waals surface area contributed by atoms with Crippen molar-refractivity contribution in [3.8, 4) is 0 Å². The van der Waals surface area contributed by atoms with E-state index in [0.29, 0.717) is 6.54 Å². The summed E-state index contributed by atoms with van der Waals surface area (Å²) < 4.78 is 31.2. The zero-order valence-corrected chi connectivity index (χ0v) is 14.2. The fourth-order valence-electron chi connectivity index (χ4n) is 1.71. The second-order valence-corrected chi connectivity index (χ2v) is 6.69. The molecule has 1 aromatic rings. The van der Waals surface area contributed by atoms with E-state index < -0.39 is 21.0 Å². The summed E-state index contributed by atoms with van der Waals surface area (Å²) in [5, 5.41) is 13.2. The van der Waals surface area contributed by atoms with Gasteiger partial charge in [-0.15, -0.1) is 0 Å². The second kappa shape index (κ2) is 9.83. The van der Waals surface area contributed by atoms with E-state index in [-0.39, 0.29) is 30.2 Å². The lowest BCUT2D eigenvalue weighted by Gasteiger charge is -2.08. The van der Waals surface area contributed by atoms with E-state index in [2.05, 4.69) is 10.0 Å². The lowest BCUT2D eigenvalue weighted by Crippen LogP contribution is -2.28. The second-order valence-electron chi connectivity index (χ2n) is 4.92. The Hall–Kier alpha value is -2.20. The molecule has 0 aliphatic carbocycles. The van der Waals surface area contributed by atoms with Crippen LogP contribution in [0.3, 0.4) is 0 Å². The number of hydrogen-bond donors (Lipinski definition) is 2. The summed E-state index contributed by atoms with van der Waals surface area (Å²) in [5.41, 5.74) is -0.301. The van der Waals surface area contributed by atoms with Crippen LogP contribution in [0.2, 0.25) is 0 Å². The van der Waals surface area contributed by atoms with Crippen molar-refractivity contribution in [3.63, 3.8) is 0 Å². The van der Waals surface area contributed by atoms with Crippen molar-refractivity contribution in [1.29, 1.82) is 0 Å². The van der Waals surface area contributed by atoms with Crippen LogP contribution >= 0.6 is 0 Å². The summed E-state index contributed by atoms with van der Waals surface area (Å²) >= 11 is 0. The summed E-state index contributed by atoms with van der Waals surface area (Å²) in [4.78, 5) is 21.1. The fourth-order valence-corrected chi connectivity index (χ4v) is 2.82. The molecule has 0 aromatic heterocycles. The van der Waals surface area contributed by atoms with E-state index in [1.54, 1.807) is 0 Å². The molecule has 0 aliphatic heterocycles. The van der Waals surface area contributed by atoms with E-state index >= 15 is 0 Å². The van der Waals surface area contributed by atoms with Gasteiger partial charge in [0.1, 0.15) is 0 Å². The number of ether oxygens (including phenoxy) is 1. The molecule has 1 rings (SSSR count). The smallest absolute Gasteiger partial charge is 0.407 e. The first-order valence-corrected chi connectivity index (χ1v) is 9.00. The first-order chi connectivity index (χ1) is 11.4. The maximum absolute atomic E-state index is 12.0. The Morgan fingerprint density at radius 3 is 2.71 bits per heavy atom. The summed E-state index contributed by atoms with van der Waals surface area (Å²) in [5.74, 6) is 0. The van der Waals surface area contributed by atoms with Crippen molar-refractivity contribution in [2.75, 3.05) is 19.7 Å². The number of carbonyl (C=O) groups is 1. The van der Waals surface area contributed by atoms with Crippen LogP contribution in [0.15, 0.2) is 29.2 Å². The average Bonchev–Trinajstić information content (AvgIpc) is 2.55. The third-order valence-corrected chi connectivity index (χ3v) is 4.44. The molecule has 0 aliphatic rings. The SMILES string of the molecule is CCCCNC(=O)OCCCNS(=O)(=O)c1cccc([N+](=O)[O-])c1. The molecule has 0 spiro atoms. The Balaban J connectivity index is 2.37. The van der Waals surface area contributed by atoms with Gasteiger partial charge in [0.2, 0.25) is 10.0 Å². The Labute approximate surface area is 140 Å². The highest BCUT2D eigenvalue weighted by molar-refractivity contribution is 7.89. The Bertz CT molecular complexity index is 662. The normalized spacial score (nSPS) is 11.0. The molecule has 9 nitrogen and oxygen atoms in total. The van der Waals surface area contributed by atoms with Crippen LogP contribution < -0.4 is 10.0 Å². The molecule has 1 aromatic carbocycles. The fraction of sp³-hybridized carbons (Fsp3) is 0.500. The van der Waals surface area contributed by atoms with Gasteiger partial charge in [-0.2, -0.15) is 0 Å². The van der Waals surface area contributed by atoms with Gasteiger partial charge in [-0.25, -0.2) is 17.9 Å². The highest BCUT2D eigenvalue weighted by Crippen LogP contribution is 2.16. The van der Waals surface area contributed by atoms with Gasteiger partial charge >= 0.3 is 6.09 Å². The maximum Gasteiger partial charge on any atom is 0.407 e. The number of non-ortho nitro benzene ring substituents is 1. The number of hydrogen-bond acceptors (Lipinski definition) is 6. The molecule has 24 heavy (non-hydrogen) atoms. The molecule has 0 fully saturated rings. The largest absolute Gasteiger partial charge is 0.450 e. The third-order valence-electron chi connectivity index (χ3n) is 2.98. The molecule has 2 N–H and O–H groups in total. The molecular weight excluding hydrogens is 338 g/mol. The van der Waals surface area contributed by atoms with Gasteiger partial charge in [0, 0.05) is 25.2 Å². The lowest BCUT2D eigenvalue weighted by molar-refractivity contribution is -0.385. The van der Waals surface area contributed by atoms with Gasteiger partial charge in [-0.3, -0.25) is 10.1 Å². The van der Waals surface area contributed by atoms with Crippen LogP contribution in [0.4, 0.5) is 10.5 Å². The van der Waals surface area contributed by atoms with Crippen LogP contribution in [0, 0.1) is 10.1 Å². The molecule has 0 unspecified atom stereocenters. The maximum atomic E-state index is 12.0. The summed E-state index contributed by atoms with van der Waals surface area (Å²) in [7, 11) is -3.85. The van der Waals surface area contributed by atoms with Crippen LogP contribution in [-0.4, -0.2) is 39.1 Å². The number of rotatable bonds is 10. The van der Waals surface area contributed by atoms with Crippen molar-refractivity contribution < 1.29 is 22.9 Å². The third kappa shape index (κ3) is 6.92. The van der Waals surface area contributed by atoms with E-state index in [0.717, 1.165) is 18.9 Å². The topological polar surface area (TPSA) is 128 Å². The number of nitrogens with zero attached hydrogens (tertiary/aromatic N) is 1. The minimum Gasteiger partial charge on any atom is -0.450 e. The van der Waals surface area contributed by atoms with Gasteiger partial charge in [-0.05, 0) is 18.9 Å². The molecule has 134 valence electrons. The molecule has 1 amide bonds. The van der Waals surface area contributed by atoms with Crippen molar-refractivity contribution in [3.05, 3.63) is 34.4 Å². The summed E-state index contributed by atoms with van der Waals surface area (Å²) in [6.07, 6.45) is 1.57. The number of nitro groups is 1. The quantitative estimate of drug-likeness (QED) is 0.372. The number of carbonyl (C=O) groups excluding carboxylic acids is 1. The van der Waals surface area contributed by atoms with Crippen molar-refractivity contribution >= 4 is 21.8 Å². The minimum atomic E-state index is -3.85. The van der Waals surface area contributed by atoms with E-state index in [4.69, 9.17) is 4.74 Å². The predicted molar refractivity (Wildman–Crippen MR) is 87.2 cm³/mol. The molecule has 0 bridgehead atoms. The Morgan fingerprint density at radius 1 is 1.29 bits per heavy atom. The minimum absolute atomic E-state index is 0.0489. The zero-order valence-electron chi connectivity index (χ0n) is 13.4. The number of nitro benzene ring substituents is 1. The molecule has 0 saturated carbocycles. The number of sulfonamides is 1. The van der Waals surface area contributed by atoms with Gasteiger partial charge < -0.3 is 10.1 Å². The van der Waals surface area contributed by atoms with Gasteiger partial charge in [0.15, 0.2) is 0 Å². The monoisotopic (exact) mass is 359 g/mol. The van der Waals surface area contributed by atoms with E-state index in [1.165, 1.54) is 18.2 Å². The van der Waals surface area contributed by atoms with Gasteiger partial charge in [0.05, 0.1) is 16.4 Å². The van der Waals surface area contributed by atoms with Crippen LogP contribution in [0.25, 0.3) is 0 Å². The highest BCUT2D eigenvalue weighted by Gasteiger charge is 2.17. The first kappa shape index (κ1) is 19.8. The summed E-state index contributed by atoms with van der Waals surface area (Å²) in [6, 6.07) is 4.77. The van der Waals surface area contributed by atoms with Crippen LogP contribution in [0.1, 0.15) is 26.2 Å². The highest BCUT2D eigenvalue weighted by atomic mass is 32.2. The standard InChI is InChI=1S/C14H21N3O6S/c1-2-3-8-15-14(18)23-10-5-9-16-24(21,22)13-7-4-6-12(11-13)17(19)20/h4,6-7,11,16H,2-3,5,8-10H2,1H3,(H,15,18). The van der Waals surface area contributed by atoms with Crippen LogP contribution in [-0.2, 0) is 14.8 Å². The molecule has 0 heterocycles. The van der Waals surface area contributed by atoms with E-state index in [9.17, 15) is 23.3 Å². The molecule has 0 atom stereocenters. The summed E-state index contributed by atoms with van der Waals surface area (Å²) in [6.45, 7) is 2.65. The molecule has 10 heteroatoms. The number of amides is 1. The number of benzene rings is 1. The van der Waals surface area contributed by atoms with Crippen molar-refractivity contribution in [2.24, 2.45) is 0 Å². The van der Waals surface area contributed by atoms with E-state index in [1.807, 2.05) is 6.92 Å². The lowest BCUT2D eigenvalue weighted by atomic mass is 10.3. The average molecular weight is 359 g/mol. The molecule has 0 saturated heterocycles. The Kier molecular flexibility index (Phi) is 8.13. The molecule has 0 radical (unpaired) electrons. The Morgan fingerprint density at radius 2 is 2.04 bits per heavy atom. The first-order valence-electron chi connectivity index (χ1n) is 7.51. The zero-order chi connectivity index (χ0) is 18.0. The number of alkyl carbamates (subject to hydrolysis) is 1. The number of nitrogens with one attached hydrogen (secondary N) is 2. The molecular formula is C14H21N3O6S. The van der Waals surface area contributed by atoms with Crippen molar-refractivity contribution in [2.45, 2.75) is 31.1 Å². The van der Waals surface area contributed by atoms with Crippen LogP contribution in [0.5, 0.6) is 0 Å².